The molecule has 2 unspecified atom stereocenters. The fraction of sp³-hybridized carbons (Fsp3) is 0.500. The zero-order valence-electron chi connectivity index (χ0n) is 9.61. The summed E-state index contributed by atoms with van der Waals surface area (Å²) in [4.78, 5) is 0. The molecule has 2 atom stereocenters. The molecule has 0 aliphatic carbocycles. The molecule has 0 heterocycles. The third-order valence-electron chi connectivity index (χ3n) is 2.32. The topological polar surface area (TPSA) is 55.5 Å². The summed E-state index contributed by atoms with van der Waals surface area (Å²) in [5.74, 6) is 0.288. The van der Waals surface area contributed by atoms with Crippen LogP contribution in [0, 0.1) is 5.82 Å². The second kappa shape index (κ2) is 5.27. The van der Waals surface area contributed by atoms with E-state index in [1.54, 1.807) is 19.1 Å². The molecule has 90 valence electrons. The normalized spacial score (nSPS) is 16.6. The Morgan fingerprint density at radius 3 is 2.50 bits per heavy atom. The number of aliphatic hydroxyl groups is 1. The quantitative estimate of drug-likeness (QED) is 0.805. The lowest BCUT2D eigenvalue weighted by Gasteiger charge is -2.25. The molecule has 0 aromatic heterocycles. The van der Waals surface area contributed by atoms with Crippen LogP contribution in [-0.4, -0.2) is 23.4 Å². The highest BCUT2D eigenvalue weighted by Gasteiger charge is 2.22. The maximum absolute atomic E-state index is 12.6. The van der Waals surface area contributed by atoms with E-state index in [0.29, 0.717) is 12.2 Å². The molecule has 1 aromatic rings. The van der Waals surface area contributed by atoms with Crippen molar-refractivity contribution in [3.63, 3.8) is 0 Å². The molecule has 0 amide bonds. The van der Waals surface area contributed by atoms with E-state index in [1.807, 2.05) is 6.92 Å². The average Bonchev–Trinajstić information content (AvgIpc) is 2.21. The van der Waals surface area contributed by atoms with Gasteiger partial charge in [-0.05, 0) is 38.1 Å². The Bertz CT molecular complexity index is 324. The Hall–Kier alpha value is -1.13. The van der Waals surface area contributed by atoms with E-state index < -0.39 is 5.60 Å². The van der Waals surface area contributed by atoms with Crippen molar-refractivity contribution in [3.8, 4) is 5.75 Å². The monoisotopic (exact) mass is 227 g/mol. The molecule has 0 saturated carbocycles. The second-order valence-corrected chi connectivity index (χ2v) is 4.29. The highest BCUT2D eigenvalue weighted by Crippen LogP contribution is 2.17. The lowest BCUT2D eigenvalue weighted by molar-refractivity contribution is 0.0237. The van der Waals surface area contributed by atoms with Crippen LogP contribution in [0.2, 0.25) is 0 Å². The van der Waals surface area contributed by atoms with Gasteiger partial charge in [0.15, 0.2) is 0 Å². The van der Waals surface area contributed by atoms with Gasteiger partial charge < -0.3 is 15.6 Å². The van der Waals surface area contributed by atoms with Crippen LogP contribution in [0.15, 0.2) is 24.3 Å². The summed E-state index contributed by atoms with van der Waals surface area (Å²) in [5, 5.41) is 9.75. The first-order valence-corrected chi connectivity index (χ1v) is 5.27. The summed E-state index contributed by atoms with van der Waals surface area (Å²) < 4.78 is 18.2. The Labute approximate surface area is 95.0 Å². The van der Waals surface area contributed by atoms with Crippen molar-refractivity contribution in [1.82, 2.24) is 0 Å². The molecule has 0 saturated heterocycles. The predicted octanol–water partition coefficient (Wildman–Crippen LogP) is 1.69. The Kier molecular flexibility index (Phi) is 4.26. The Morgan fingerprint density at radius 1 is 1.44 bits per heavy atom. The Balaban J connectivity index is 2.51. The number of hydrogen-bond acceptors (Lipinski definition) is 3. The SMILES string of the molecule is CC(CC(C)(O)CN)Oc1ccc(F)cc1. The van der Waals surface area contributed by atoms with Gasteiger partial charge in [0.2, 0.25) is 0 Å². The lowest BCUT2D eigenvalue weighted by atomic mass is 9.99. The molecule has 0 aliphatic rings. The number of halogens is 1. The van der Waals surface area contributed by atoms with Gasteiger partial charge in [0.1, 0.15) is 11.6 Å². The molecule has 3 N–H and O–H groups in total. The summed E-state index contributed by atoms with van der Waals surface area (Å²) in [6, 6.07) is 5.79. The largest absolute Gasteiger partial charge is 0.491 e. The average molecular weight is 227 g/mol. The molecular weight excluding hydrogens is 209 g/mol. The van der Waals surface area contributed by atoms with Gasteiger partial charge in [0, 0.05) is 13.0 Å². The number of rotatable bonds is 5. The number of benzene rings is 1. The van der Waals surface area contributed by atoms with Gasteiger partial charge in [-0.1, -0.05) is 0 Å². The van der Waals surface area contributed by atoms with Crippen molar-refractivity contribution < 1.29 is 14.2 Å². The van der Waals surface area contributed by atoms with Crippen LogP contribution in [0.3, 0.4) is 0 Å². The first-order valence-electron chi connectivity index (χ1n) is 5.27. The van der Waals surface area contributed by atoms with Crippen LogP contribution in [0.4, 0.5) is 4.39 Å². The second-order valence-electron chi connectivity index (χ2n) is 4.29. The number of hydrogen-bond donors (Lipinski definition) is 2. The molecule has 0 aliphatic heterocycles. The lowest BCUT2D eigenvalue weighted by Crippen LogP contribution is -2.38. The standard InChI is InChI=1S/C12H18FNO2/c1-9(7-12(2,15)8-14)16-11-5-3-10(13)4-6-11/h3-6,9,15H,7-8,14H2,1-2H3. The minimum absolute atomic E-state index is 0.177. The van der Waals surface area contributed by atoms with Gasteiger partial charge in [0.05, 0.1) is 11.7 Å². The van der Waals surface area contributed by atoms with E-state index in [-0.39, 0.29) is 18.5 Å². The van der Waals surface area contributed by atoms with Crippen molar-refractivity contribution in [2.24, 2.45) is 5.73 Å². The molecule has 3 nitrogen and oxygen atoms in total. The minimum Gasteiger partial charge on any atom is -0.491 e. The molecule has 0 radical (unpaired) electrons. The molecule has 0 fully saturated rings. The van der Waals surface area contributed by atoms with Crippen LogP contribution >= 0.6 is 0 Å². The predicted molar refractivity (Wildman–Crippen MR) is 60.8 cm³/mol. The van der Waals surface area contributed by atoms with Gasteiger partial charge in [-0.25, -0.2) is 4.39 Å². The molecule has 0 spiro atoms. The summed E-state index contributed by atoms with van der Waals surface area (Å²) in [6.07, 6.45) is 0.255. The fourth-order valence-corrected chi connectivity index (χ4v) is 1.49. The first-order chi connectivity index (χ1) is 7.43. The molecule has 0 bridgehead atoms. The van der Waals surface area contributed by atoms with Crippen LogP contribution < -0.4 is 10.5 Å². The van der Waals surface area contributed by atoms with Crippen molar-refractivity contribution in [2.45, 2.75) is 32.0 Å². The maximum Gasteiger partial charge on any atom is 0.123 e. The number of nitrogens with two attached hydrogens (primary N) is 1. The third kappa shape index (κ3) is 4.16. The third-order valence-corrected chi connectivity index (χ3v) is 2.32. The van der Waals surface area contributed by atoms with E-state index in [9.17, 15) is 9.50 Å². The maximum atomic E-state index is 12.6. The van der Waals surface area contributed by atoms with Crippen LogP contribution in [-0.2, 0) is 0 Å². The van der Waals surface area contributed by atoms with Gasteiger partial charge in [-0.15, -0.1) is 0 Å². The van der Waals surface area contributed by atoms with E-state index in [4.69, 9.17) is 10.5 Å². The fourth-order valence-electron chi connectivity index (χ4n) is 1.49. The highest BCUT2D eigenvalue weighted by molar-refractivity contribution is 5.22. The summed E-state index contributed by atoms with van der Waals surface area (Å²) in [5.41, 5.74) is 4.48. The van der Waals surface area contributed by atoms with Crippen molar-refractivity contribution in [2.75, 3.05) is 6.54 Å². The van der Waals surface area contributed by atoms with Crippen LogP contribution in [0.5, 0.6) is 5.75 Å². The zero-order valence-corrected chi connectivity index (χ0v) is 9.61. The summed E-state index contributed by atoms with van der Waals surface area (Å²) >= 11 is 0. The van der Waals surface area contributed by atoms with Crippen molar-refractivity contribution in [3.05, 3.63) is 30.1 Å². The zero-order chi connectivity index (χ0) is 12.2. The van der Waals surface area contributed by atoms with Gasteiger partial charge >= 0.3 is 0 Å². The highest BCUT2D eigenvalue weighted by atomic mass is 19.1. The molecule has 16 heavy (non-hydrogen) atoms. The smallest absolute Gasteiger partial charge is 0.123 e. The molecule has 1 aromatic carbocycles. The van der Waals surface area contributed by atoms with Crippen molar-refractivity contribution >= 4 is 0 Å². The molecular formula is C12H18FNO2. The number of ether oxygens (including phenoxy) is 1. The van der Waals surface area contributed by atoms with E-state index in [2.05, 4.69) is 0 Å². The van der Waals surface area contributed by atoms with Gasteiger partial charge in [0.25, 0.3) is 0 Å². The minimum atomic E-state index is -0.931. The van der Waals surface area contributed by atoms with Crippen LogP contribution in [0.1, 0.15) is 20.3 Å². The van der Waals surface area contributed by atoms with Crippen molar-refractivity contribution in [1.29, 1.82) is 0 Å². The van der Waals surface area contributed by atoms with Gasteiger partial charge in [-0.3, -0.25) is 0 Å². The van der Waals surface area contributed by atoms with E-state index in [1.165, 1.54) is 12.1 Å². The summed E-state index contributed by atoms with van der Waals surface area (Å²) in [6.45, 7) is 3.69. The van der Waals surface area contributed by atoms with Crippen LogP contribution in [0.25, 0.3) is 0 Å². The molecule has 1 rings (SSSR count). The first kappa shape index (κ1) is 12.9. The summed E-state index contributed by atoms with van der Waals surface area (Å²) in [7, 11) is 0. The Morgan fingerprint density at radius 2 is 2.00 bits per heavy atom. The van der Waals surface area contributed by atoms with E-state index in [0.717, 1.165) is 0 Å². The van der Waals surface area contributed by atoms with Gasteiger partial charge in [-0.2, -0.15) is 0 Å². The molecule has 4 heteroatoms. The van der Waals surface area contributed by atoms with E-state index >= 15 is 0 Å².